The summed E-state index contributed by atoms with van der Waals surface area (Å²) >= 11 is 0. The molecule has 19 heavy (non-hydrogen) atoms. The lowest BCUT2D eigenvalue weighted by molar-refractivity contribution is 0.221. The predicted octanol–water partition coefficient (Wildman–Crippen LogP) is 1.42. The number of fused-ring (bicyclic) bond motifs is 1. The molecule has 6 nitrogen and oxygen atoms in total. The summed E-state index contributed by atoms with van der Waals surface area (Å²) in [5.41, 5.74) is 2.31. The zero-order valence-electron chi connectivity index (χ0n) is 10.6. The lowest BCUT2D eigenvalue weighted by atomic mass is 10.1. The quantitative estimate of drug-likeness (QED) is 0.767. The highest BCUT2D eigenvalue weighted by molar-refractivity contribution is 5.54. The van der Waals surface area contributed by atoms with Crippen LogP contribution in [0.15, 0.2) is 37.2 Å². The van der Waals surface area contributed by atoms with Crippen LogP contribution in [0, 0.1) is 0 Å². The van der Waals surface area contributed by atoms with Crippen LogP contribution < -0.4 is 0 Å². The summed E-state index contributed by atoms with van der Waals surface area (Å²) in [6.07, 6.45) is 10.6. The average molecular weight is 257 g/mol. The van der Waals surface area contributed by atoms with Gasteiger partial charge in [-0.05, 0) is 6.42 Å². The minimum atomic E-state index is -0.729. The molecule has 0 aliphatic rings. The smallest absolute Gasteiger partial charge is 0.111 e. The van der Waals surface area contributed by atoms with Crippen LogP contribution in [-0.2, 0) is 6.54 Å². The molecule has 1 atom stereocenters. The summed E-state index contributed by atoms with van der Waals surface area (Å²) < 4.78 is 3.53. The second-order valence-corrected chi connectivity index (χ2v) is 4.45. The van der Waals surface area contributed by atoms with Gasteiger partial charge in [-0.3, -0.25) is 9.67 Å². The molecule has 0 saturated heterocycles. The predicted molar refractivity (Wildman–Crippen MR) is 69.6 cm³/mol. The van der Waals surface area contributed by atoms with Crippen molar-refractivity contribution >= 4 is 5.52 Å². The summed E-state index contributed by atoms with van der Waals surface area (Å²) in [5, 5.41) is 18.9. The van der Waals surface area contributed by atoms with Gasteiger partial charge in [0, 0.05) is 36.3 Å². The fourth-order valence-corrected chi connectivity index (χ4v) is 2.12. The largest absolute Gasteiger partial charge is 0.383 e. The molecule has 0 amide bonds. The molecular formula is C13H15N5O. The molecule has 3 aromatic heterocycles. The van der Waals surface area contributed by atoms with E-state index in [-0.39, 0.29) is 0 Å². The molecule has 0 spiro atoms. The summed E-state index contributed by atoms with van der Waals surface area (Å²) in [6.45, 7) is 2.94. The van der Waals surface area contributed by atoms with E-state index in [1.54, 1.807) is 35.5 Å². The molecule has 3 rings (SSSR count). The van der Waals surface area contributed by atoms with Gasteiger partial charge in [0.1, 0.15) is 6.10 Å². The van der Waals surface area contributed by atoms with Gasteiger partial charge < -0.3 is 5.11 Å². The summed E-state index contributed by atoms with van der Waals surface area (Å²) in [6, 6.07) is 0. The average Bonchev–Trinajstić information content (AvgIpc) is 3.05. The highest BCUT2D eigenvalue weighted by atomic mass is 16.3. The van der Waals surface area contributed by atoms with Crippen LogP contribution in [0.5, 0.6) is 0 Å². The Kier molecular flexibility index (Phi) is 3.00. The maximum absolute atomic E-state index is 10.4. The fourth-order valence-electron chi connectivity index (χ4n) is 2.12. The maximum atomic E-state index is 10.4. The van der Waals surface area contributed by atoms with E-state index in [0.29, 0.717) is 0 Å². The van der Waals surface area contributed by atoms with Crippen LogP contribution in [0.2, 0.25) is 0 Å². The van der Waals surface area contributed by atoms with E-state index in [9.17, 15) is 5.11 Å². The number of aryl methyl sites for hydroxylation is 1. The molecule has 6 heteroatoms. The van der Waals surface area contributed by atoms with Gasteiger partial charge in [-0.2, -0.15) is 10.2 Å². The molecule has 0 saturated carbocycles. The van der Waals surface area contributed by atoms with E-state index >= 15 is 0 Å². The lowest BCUT2D eigenvalue weighted by Crippen LogP contribution is -1.99. The fraction of sp³-hybridized carbons (Fsp3) is 0.308. The van der Waals surface area contributed by atoms with E-state index in [4.69, 9.17) is 0 Å². The van der Waals surface area contributed by atoms with E-state index in [0.717, 1.165) is 29.6 Å². The molecule has 98 valence electrons. The van der Waals surface area contributed by atoms with Crippen molar-refractivity contribution < 1.29 is 5.11 Å². The van der Waals surface area contributed by atoms with E-state index in [2.05, 4.69) is 22.1 Å². The first kappa shape index (κ1) is 11.9. The number of aliphatic hydroxyl groups is 1. The number of hydrogen-bond donors (Lipinski definition) is 1. The summed E-state index contributed by atoms with van der Waals surface area (Å²) in [4.78, 5) is 4.06. The Morgan fingerprint density at radius 1 is 1.26 bits per heavy atom. The Labute approximate surface area is 110 Å². The number of nitrogens with zero attached hydrogens (tertiary/aromatic N) is 5. The third kappa shape index (κ3) is 2.10. The maximum Gasteiger partial charge on any atom is 0.111 e. The van der Waals surface area contributed by atoms with Crippen LogP contribution in [0.25, 0.3) is 5.52 Å². The number of aliphatic hydroxyl groups excluding tert-OH is 1. The van der Waals surface area contributed by atoms with Gasteiger partial charge in [-0.25, -0.2) is 4.52 Å². The SMILES string of the molecule is CCCn1cc(C(O)c2cnn3ccncc23)cn1. The lowest BCUT2D eigenvalue weighted by Gasteiger charge is -2.06. The first-order chi connectivity index (χ1) is 9.29. The summed E-state index contributed by atoms with van der Waals surface area (Å²) in [5.74, 6) is 0. The van der Waals surface area contributed by atoms with Gasteiger partial charge in [-0.15, -0.1) is 0 Å². The van der Waals surface area contributed by atoms with Crippen molar-refractivity contribution in [3.05, 3.63) is 48.3 Å². The van der Waals surface area contributed by atoms with Gasteiger partial charge in [0.25, 0.3) is 0 Å². The van der Waals surface area contributed by atoms with E-state index in [1.807, 2.05) is 10.9 Å². The Hall–Kier alpha value is -2.21. The zero-order valence-corrected chi connectivity index (χ0v) is 10.6. The molecule has 0 fully saturated rings. The molecule has 3 heterocycles. The number of aromatic nitrogens is 5. The molecule has 0 aliphatic carbocycles. The molecule has 3 aromatic rings. The van der Waals surface area contributed by atoms with Crippen molar-refractivity contribution in [2.45, 2.75) is 26.0 Å². The number of rotatable bonds is 4. The summed E-state index contributed by atoms with van der Waals surface area (Å²) in [7, 11) is 0. The van der Waals surface area contributed by atoms with Gasteiger partial charge in [0.15, 0.2) is 0 Å². The topological polar surface area (TPSA) is 68.2 Å². The van der Waals surface area contributed by atoms with Crippen LogP contribution in [-0.4, -0.2) is 29.5 Å². The third-order valence-electron chi connectivity index (χ3n) is 3.07. The minimum absolute atomic E-state index is 0.729. The highest BCUT2D eigenvalue weighted by Gasteiger charge is 2.17. The number of hydrogen-bond acceptors (Lipinski definition) is 4. The highest BCUT2D eigenvalue weighted by Crippen LogP contribution is 2.24. The Balaban J connectivity index is 1.96. The van der Waals surface area contributed by atoms with Crippen molar-refractivity contribution in [2.75, 3.05) is 0 Å². The van der Waals surface area contributed by atoms with Crippen molar-refractivity contribution in [1.82, 2.24) is 24.4 Å². The van der Waals surface area contributed by atoms with Crippen molar-refractivity contribution in [3.63, 3.8) is 0 Å². The van der Waals surface area contributed by atoms with Crippen LogP contribution in [0.1, 0.15) is 30.6 Å². The van der Waals surface area contributed by atoms with Gasteiger partial charge in [0.05, 0.1) is 24.1 Å². The van der Waals surface area contributed by atoms with E-state index in [1.165, 1.54) is 0 Å². The minimum Gasteiger partial charge on any atom is -0.383 e. The monoisotopic (exact) mass is 257 g/mol. The molecule has 0 bridgehead atoms. The molecule has 0 aliphatic heterocycles. The molecular weight excluding hydrogens is 242 g/mol. The second-order valence-electron chi connectivity index (χ2n) is 4.45. The van der Waals surface area contributed by atoms with Gasteiger partial charge in [-0.1, -0.05) is 6.92 Å². The molecule has 1 unspecified atom stereocenters. The standard InChI is InChI=1S/C13H15N5O/c1-2-4-17-9-10(6-15-17)13(19)11-7-16-18-5-3-14-8-12(11)18/h3,5-9,13,19H,2,4H2,1H3. The third-order valence-corrected chi connectivity index (χ3v) is 3.07. The molecule has 0 aromatic carbocycles. The molecule has 1 N–H and O–H groups in total. The van der Waals surface area contributed by atoms with Crippen LogP contribution in [0.3, 0.4) is 0 Å². The first-order valence-corrected chi connectivity index (χ1v) is 6.27. The Bertz CT molecular complexity index is 687. The van der Waals surface area contributed by atoms with Gasteiger partial charge in [0.2, 0.25) is 0 Å². The van der Waals surface area contributed by atoms with Crippen LogP contribution in [0.4, 0.5) is 0 Å². The zero-order chi connectivity index (χ0) is 13.2. The Morgan fingerprint density at radius 3 is 3.00 bits per heavy atom. The first-order valence-electron chi connectivity index (χ1n) is 6.27. The van der Waals surface area contributed by atoms with Crippen molar-refractivity contribution in [1.29, 1.82) is 0 Å². The normalized spacial score (nSPS) is 12.9. The van der Waals surface area contributed by atoms with E-state index < -0.39 is 6.10 Å². The molecule has 0 radical (unpaired) electrons. The van der Waals surface area contributed by atoms with Crippen molar-refractivity contribution in [3.8, 4) is 0 Å². The Morgan fingerprint density at radius 2 is 2.16 bits per heavy atom. The van der Waals surface area contributed by atoms with Crippen LogP contribution >= 0.6 is 0 Å². The van der Waals surface area contributed by atoms with Crippen molar-refractivity contribution in [2.24, 2.45) is 0 Å². The second kappa shape index (κ2) is 4.81. The van der Waals surface area contributed by atoms with Gasteiger partial charge >= 0.3 is 0 Å².